The van der Waals surface area contributed by atoms with Gasteiger partial charge in [-0.05, 0) is 12.8 Å². The summed E-state index contributed by atoms with van der Waals surface area (Å²) in [5.41, 5.74) is 2.10. The van der Waals surface area contributed by atoms with Crippen LogP contribution in [0.4, 0.5) is 0 Å². The van der Waals surface area contributed by atoms with Crippen LogP contribution in [0.3, 0.4) is 0 Å². The molecule has 1 fully saturated rings. The minimum absolute atomic E-state index is 0.0646. The van der Waals surface area contributed by atoms with Crippen LogP contribution in [0.2, 0.25) is 0 Å². The minimum atomic E-state index is -3.13. The number of hydrogen-bond donors (Lipinski definition) is 0. The molecule has 1 saturated carbocycles. The zero-order valence-electron chi connectivity index (χ0n) is 11.2. The molecule has 19 heavy (non-hydrogen) atoms. The van der Waals surface area contributed by atoms with Gasteiger partial charge in [-0.2, -0.15) is 9.40 Å². The van der Waals surface area contributed by atoms with Gasteiger partial charge in [0.15, 0.2) is 0 Å². The molecule has 1 aliphatic carbocycles. The molecule has 2 heterocycles. The van der Waals surface area contributed by atoms with Gasteiger partial charge in [-0.15, -0.1) is 0 Å². The van der Waals surface area contributed by atoms with E-state index >= 15 is 0 Å². The van der Waals surface area contributed by atoms with Gasteiger partial charge in [0.2, 0.25) is 10.0 Å². The Morgan fingerprint density at radius 2 is 2.21 bits per heavy atom. The summed E-state index contributed by atoms with van der Waals surface area (Å²) in [6.07, 6.45) is 3.37. The number of aromatic nitrogens is 2. The summed E-state index contributed by atoms with van der Waals surface area (Å²) in [5.74, 6) is 0.0646. The summed E-state index contributed by atoms with van der Waals surface area (Å²) < 4.78 is 33.4. The van der Waals surface area contributed by atoms with E-state index in [1.54, 1.807) is 17.6 Å². The zero-order valence-corrected chi connectivity index (χ0v) is 12.1. The molecule has 0 N–H and O–H groups in total. The number of aryl methyl sites for hydroxylation is 1. The van der Waals surface area contributed by atoms with Crippen molar-refractivity contribution in [2.45, 2.75) is 30.6 Å². The number of sulfonamides is 1. The smallest absolute Gasteiger partial charge is 0.217 e. The number of methoxy groups -OCH3 is 1. The molecule has 0 amide bonds. The van der Waals surface area contributed by atoms with Gasteiger partial charge in [0, 0.05) is 44.4 Å². The molecule has 6 nitrogen and oxygen atoms in total. The van der Waals surface area contributed by atoms with E-state index in [2.05, 4.69) is 5.10 Å². The normalized spacial score (nSPS) is 24.4. The van der Waals surface area contributed by atoms with Crippen molar-refractivity contribution < 1.29 is 13.2 Å². The number of hydrogen-bond acceptors (Lipinski definition) is 4. The third-order valence-electron chi connectivity index (χ3n) is 3.90. The van der Waals surface area contributed by atoms with Crippen molar-refractivity contribution in [1.29, 1.82) is 0 Å². The monoisotopic (exact) mass is 285 g/mol. The molecule has 0 bridgehead atoms. The van der Waals surface area contributed by atoms with Crippen LogP contribution in [-0.2, 0) is 28.4 Å². The summed E-state index contributed by atoms with van der Waals surface area (Å²) in [6, 6.07) is 0. The van der Waals surface area contributed by atoms with E-state index in [0.29, 0.717) is 19.7 Å². The summed E-state index contributed by atoms with van der Waals surface area (Å²) >= 11 is 0. The third kappa shape index (κ3) is 2.19. The van der Waals surface area contributed by atoms with E-state index in [-0.39, 0.29) is 11.2 Å². The van der Waals surface area contributed by atoms with Gasteiger partial charge in [-0.1, -0.05) is 0 Å². The molecule has 0 spiro atoms. The molecule has 0 radical (unpaired) electrons. The molecule has 1 aromatic rings. The third-order valence-corrected chi connectivity index (χ3v) is 6.21. The fraction of sp³-hybridized carbons (Fsp3) is 0.750. The van der Waals surface area contributed by atoms with E-state index in [1.165, 1.54) is 0 Å². The van der Waals surface area contributed by atoms with Crippen molar-refractivity contribution in [2.24, 2.45) is 7.05 Å². The van der Waals surface area contributed by atoms with E-state index in [9.17, 15) is 8.42 Å². The van der Waals surface area contributed by atoms with Gasteiger partial charge in [-0.3, -0.25) is 4.68 Å². The highest BCUT2D eigenvalue weighted by Crippen LogP contribution is 2.36. The van der Waals surface area contributed by atoms with Crippen LogP contribution < -0.4 is 0 Å². The highest BCUT2D eigenvalue weighted by molar-refractivity contribution is 7.90. The van der Waals surface area contributed by atoms with Crippen LogP contribution >= 0.6 is 0 Å². The van der Waals surface area contributed by atoms with Crippen LogP contribution in [-0.4, -0.2) is 48.0 Å². The van der Waals surface area contributed by atoms with Crippen molar-refractivity contribution in [3.8, 4) is 0 Å². The van der Waals surface area contributed by atoms with Gasteiger partial charge in [0.05, 0.1) is 18.1 Å². The highest BCUT2D eigenvalue weighted by atomic mass is 32.2. The van der Waals surface area contributed by atoms with Crippen LogP contribution in [0.1, 0.15) is 30.0 Å². The molecular weight excluding hydrogens is 266 g/mol. The lowest BCUT2D eigenvalue weighted by atomic mass is 9.99. The first-order valence-electron chi connectivity index (χ1n) is 6.52. The fourth-order valence-corrected chi connectivity index (χ4v) is 4.69. The lowest BCUT2D eigenvalue weighted by Gasteiger charge is -2.32. The first kappa shape index (κ1) is 13.1. The Labute approximate surface area is 113 Å². The number of ether oxygens (including phenoxy) is 1. The number of fused-ring (bicyclic) bond motifs is 1. The Morgan fingerprint density at radius 3 is 2.84 bits per heavy atom. The second-order valence-corrected chi connectivity index (χ2v) is 7.58. The van der Waals surface area contributed by atoms with Gasteiger partial charge in [-0.25, -0.2) is 8.42 Å². The average Bonchev–Trinajstić information content (AvgIpc) is 3.15. The average molecular weight is 285 g/mol. The fourth-order valence-electron chi connectivity index (χ4n) is 2.83. The van der Waals surface area contributed by atoms with Gasteiger partial charge >= 0.3 is 0 Å². The molecule has 0 unspecified atom stereocenters. The van der Waals surface area contributed by atoms with Crippen molar-refractivity contribution in [2.75, 3.05) is 20.3 Å². The number of nitrogens with zero attached hydrogens (tertiary/aromatic N) is 3. The van der Waals surface area contributed by atoms with Crippen molar-refractivity contribution in [3.63, 3.8) is 0 Å². The standard InChI is InChI=1S/C12H19N3O3S/c1-14-12-9(5-13-14)6-15(7-10(12)8-18-2)19(16,17)11-3-4-11/h5,10-11H,3-4,6-8H2,1-2H3/t10-/m1/s1. The second kappa shape index (κ2) is 4.57. The van der Waals surface area contributed by atoms with Crippen LogP contribution in [0.15, 0.2) is 6.20 Å². The molecule has 1 aliphatic heterocycles. The zero-order chi connectivity index (χ0) is 13.6. The van der Waals surface area contributed by atoms with Crippen molar-refractivity contribution in [1.82, 2.24) is 14.1 Å². The molecule has 1 aromatic heterocycles. The Balaban J connectivity index is 1.92. The Kier molecular flexibility index (Phi) is 3.15. The molecule has 3 rings (SSSR count). The van der Waals surface area contributed by atoms with Crippen LogP contribution in [0.5, 0.6) is 0 Å². The quantitative estimate of drug-likeness (QED) is 0.806. The first-order valence-corrected chi connectivity index (χ1v) is 8.03. The van der Waals surface area contributed by atoms with Gasteiger partial charge in [0.25, 0.3) is 0 Å². The maximum absolute atomic E-state index is 12.4. The first-order chi connectivity index (χ1) is 9.04. The Hall–Kier alpha value is -0.920. The molecule has 106 valence electrons. The van der Waals surface area contributed by atoms with Gasteiger partial charge < -0.3 is 4.74 Å². The van der Waals surface area contributed by atoms with Crippen LogP contribution in [0.25, 0.3) is 0 Å². The van der Waals surface area contributed by atoms with Crippen LogP contribution in [0, 0.1) is 0 Å². The van der Waals surface area contributed by atoms with E-state index in [1.807, 2.05) is 11.7 Å². The van der Waals surface area contributed by atoms with Crippen molar-refractivity contribution in [3.05, 3.63) is 17.5 Å². The Morgan fingerprint density at radius 1 is 1.47 bits per heavy atom. The topological polar surface area (TPSA) is 64.4 Å². The summed E-state index contributed by atoms with van der Waals surface area (Å²) in [7, 11) is 0.406. The minimum Gasteiger partial charge on any atom is -0.384 e. The predicted octanol–water partition coefficient (Wildman–Crippen LogP) is 0.458. The maximum atomic E-state index is 12.4. The molecule has 7 heteroatoms. The van der Waals surface area contributed by atoms with Crippen molar-refractivity contribution >= 4 is 10.0 Å². The SMILES string of the molecule is COC[C@H]1CN(S(=O)(=O)C2CC2)Cc2cnn(C)c21. The molecule has 0 saturated heterocycles. The predicted molar refractivity (Wildman–Crippen MR) is 70.2 cm³/mol. The van der Waals surface area contributed by atoms with E-state index in [0.717, 1.165) is 24.1 Å². The summed E-state index contributed by atoms with van der Waals surface area (Å²) in [4.78, 5) is 0. The molecule has 2 aliphatic rings. The highest BCUT2D eigenvalue weighted by Gasteiger charge is 2.43. The van der Waals surface area contributed by atoms with E-state index < -0.39 is 10.0 Å². The van der Waals surface area contributed by atoms with Gasteiger partial charge in [0.1, 0.15) is 0 Å². The molecular formula is C12H19N3O3S. The maximum Gasteiger partial charge on any atom is 0.217 e. The largest absolute Gasteiger partial charge is 0.384 e. The molecule has 0 aromatic carbocycles. The summed E-state index contributed by atoms with van der Waals surface area (Å²) in [6.45, 7) is 1.46. The lowest BCUT2D eigenvalue weighted by molar-refractivity contribution is 0.159. The second-order valence-electron chi connectivity index (χ2n) is 5.37. The lowest BCUT2D eigenvalue weighted by Crippen LogP contribution is -2.41. The Bertz CT molecular complexity index is 577. The molecule has 1 atom stereocenters. The van der Waals surface area contributed by atoms with E-state index in [4.69, 9.17) is 4.74 Å². The summed E-state index contributed by atoms with van der Waals surface area (Å²) in [5, 5.41) is 4.09. The number of rotatable bonds is 4.